The Bertz CT molecular complexity index is 377. The van der Waals surface area contributed by atoms with Gasteiger partial charge in [-0.15, -0.1) is 0 Å². The maximum atomic E-state index is 9.53. The summed E-state index contributed by atoms with van der Waals surface area (Å²) in [5, 5.41) is 9.53. The first-order chi connectivity index (χ1) is 8.90. The van der Waals surface area contributed by atoms with Crippen LogP contribution in [0.5, 0.6) is 5.75 Å². The lowest BCUT2D eigenvalue weighted by Crippen LogP contribution is -2.44. The first-order valence-corrected chi connectivity index (χ1v) is 6.59. The Morgan fingerprint density at radius 3 is 2.26 bits per heavy atom. The number of methoxy groups -OCH3 is 1. The van der Waals surface area contributed by atoms with Crippen LogP contribution in [0.4, 0.5) is 0 Å². The molecule has 0 aromatic heterocycles. The molecule has 0 spiro atoms. The fourth-order valence-electron chi connectivity index (χ4n) is 1.88. The minimum Gasteiger partial charge on any atom is -0.497 e. The molecule has 1 aromatic carbocycles. The molecule has 0 saturated heterocycles. The average molecular weight is 267 g/mol. The largest absolute Gasteiger partial charge is 0.497 e. The molecule has 0 heterocycles. The van der Waals surface area contributed by atoms with Crippen LogP contribution < -0.4 is 10.5 Å². The maximum absolute atomic E-state index is 9.53. The minimum atomic E-state index is -0.512. The number of nitrogens with two attached hydrogens (primary N) is 1. The third kappa shape index (κ3) is 4.82. The van der Waals surface area contributed by atoms with Crippen molar-refractivity contribution >= 4 is 0 Å². The van der Waals surface area contributed by atoms with Crippen molar-refractivity contribution in [2.45, 2.75) is 45.0 Å². The minimum absolute atomic E-state index is 0.244. The number of aliphatic hydroxyl groups is 1. The summed E-state index contributed by atoms with van der Waals surface area (Å²) in [4.78, 5) is 0. The van der Waals surface area contributed by atoms with Gasteiger partial charge in [0.2, 0.25) is 0 Å². The lowest BCUT2D eigenvalue weighted by molar-refractivity contribution is -0.109. The molecule has 0 aliphatic heterocycles. The Balaban J connectivity index is 2.73. The molecule has 3 atom stereocenters. The van der Waals surface area contributed by atoms with Crippen molar-refractivity contribution in [3.63, 3.8) is 0 Å². The third-order valence-electron chi connectivity index (χ3n) is 3.32. The van der Waals surface area contributed by atoms with Gasteiger partial charge in [-0.05, 0) is 38.5 Å². The highest BCUT2D eigenvalue weighted by Crippen LogP contribution is 2.21. The Morgan fingerprint density at radius 2 is 1.84 bits per heavy atom. The molecule has 0 radical (unpaired) electrons. The zero-order chi connectivity index (χ0) is 14.5. The van der Waals surface area contributed by atoms with Gasteiger partial charge in [-0.1, -0.05) is 12.1 Å². The predicted molar refractivity (Wildman–Crippen MR) is 76.4 cm³/mol. The Kier molecular flexibility index (Phi) is 5.79. The van der Waals surface area contributed by atoms with Crippen LogP contribution in [0.25, 0.3) is 0 Å². The Labute approximate surface area is 115 Å². The van der Waals surface area contributed by atoms with Gasteiger partial charge in [0.15, 0.2) is 0 Å². The van der Waals surface area contributed by atoms with E-state index in [0.29, 0.717) is 13.0 Å². The molecular weight excluding hydrogens is 242 g/mol. The SMILES string of the molecule is COc1ccc(CC(C)(CN)OC(C)C(C)O)cc1. The average Bonchev–Trinajstić information content (AvgIpc) is 2.39. The second kappa shape index (κ2) is 6.89. The molecule has 0 saturated carbocycles. The molecule has 1 rings (SSSR count). The van der Waals surface area contributed by atoms with E-state index in [1.807, 2.05) is 38.1 Å². The third-order valence-corrected chi connectivity index (χ3v) is 3.32. The number of hydrogen-bond donors (Lipinski definition) is 2. The second-order valence-corrected chi connectivity index (χ2v) is 5.24. The fourth-order valence-corrected chi connectivity index (χ4v) is 1.88. The summed E-state index contributed by atoms with van der Waals surface area (Å²) < 4.78 is 11.0. The van der Waals surface area contributed by atoms with E-state index in [1.165, 1.54) is 0 Å². The van der Waals surface area contributed by atoms with Crippen molar-refractivity contribution < 1.29 is 14.6 Å². The van der Waals surface area contributed by atoms with Crippen molar-refractivity contribution in [3.8, 4) is 5.75 Å². The van der Waals surface area contributed by atoms with Crippen LogP contribution >= 0.6 is 0 Å². The molecule has 4 nitrogen and oxygen atoms in total. The molecule has 19 heavy (non-hydrogen) atoms. The van der Waals surface area contributed by atoms with Gasteiger partial charge in [-0.25, -0.2) is 0 Å². The van der Waals surface area contributed by atoms with E-state index in [9.17, 15) is 5.11 Å². The van der Waals surface area contributed by atoms with Crippen LogP contribution in [0.1, 0.15) is 26.3 Å². The molecule has 108 valence electrons. The van der Waals surface area contributed by atoms with E-state index in [-0.39, 0.29) is 6.10 Å². The van der Waals surface area contributed by atoms with Crippen molar-refractivity contribution in [2.24, 2.45) is 5.73 Å². The van der Waals surface area contributed by atoms with E-state index < -0.39 is 11.7 Å². The van der Waals surface area contributed by atoms with Gasteiger partial charge in [0.25, 0.3) is 0 Å². The van der Waals surface area contributed by atoms with Crippen molar-refractivity contribution in [2.75, 3.05) is 13.7 Å². The Morgan fingerprint density at radius 1 is 1.26 bits per heavy atom. The molecule has 0 fully saturated rings. The van der Waals surface area contributed by atoms with Gasteiger partial charge in [-0.3, -0.25) is 0 Å². The number of hydrogen-bond acceptors (Lipinski definition) is 4. The van der Waals surface area contributed by atoms with E-state index >= 15 is 0 Å². The number of aliphatic hydroxyl groups excluding tert-OH is 1. The van der Waals surface area contributed by atoms with Crippen LogP contribution in [0.2, 0.25) is 0 Å². The smallest absolute Gasteiger partial charge is 0.118 e. The standard InChI is InChI=1S/C15H25NO3/c1-11(17)12(2)19-15(3,10-16)9-13-5-7-14(18-4)8-6-13/h5-8,11-12,17H,9-10,16H2,1-4H3. The van der Waals surface area contributed by atoms with Gasteiger partial charge in [0, 0.05) is 13.0 Å². The number of rotatable bonds is 7. The lowest BCUT2D eigenvalue weighted by Gasteiger charge is -2.33. The normalized spacial score (nSPS) is 17.6. The summed E-state index contributed by atoms with van der Waals surface area (Å²) in [6, 6.07) is 7.85. The molecule has 4 heteroatoms. The maximum Gasteiger partial charge on any atom is 0.118 e. The van der Waals surface area contributed by atoms with Gasteiger partial charge in [-0.2, -0.15) is 0 Å². The second-order valence-electron chi connectivity index (χ2n) is 5.24. The summed E-state index contributed by atoms with van der Waals surface area (Å²) in [5.74, 6) is 0.830. The summed E-state index contributed by atoms with van der Waals surface area (Å²) in [6.07, 6.45) is -0.0570. The molecule has 3 unspecified atom stereocenters. The number of ether oxygens (including phenoxy) is 2. The zero-order valence-electron chi connectivity index (χ0n) is 12.2. The summed E-state index contributed by atoms with van der Waals surface area (Å²) in [7, 11) is 1.65. The van der Waals surface area contributed by atoms with Gasteiger partial charge >= 0.3 is 0 Å². The van der Waals surface area contributed by atoms with E-state index in [2.05, 4.69) is 0 Å². The monoisotopic (exact) mass is 267 g/mol. The van der Waals surface area contributed by atoms with Gasteiger partial charge < -0.3 is 20.3 Å². The molecule has 0 bridgehead atoms. The van der Waals surface area contributed by atoms with Crippen LogP contribution in [0.15, 0.2) is 24.3 Å². The van der Waals surface area contributed by atoms with Crippen molar-refractivity contribution in [1.29, 1.82) is 0 Å². The number of benzene rings is 1. The molecule has 0 aliphatic rings. The predicted octanol–water partition coefficient (Wildman–Crippen LogP) is 1.74. The van der Waals surface area contributed by atoms with Crippen molar-refractivity contribution in [1.82, 2.24) is 0 Å². The molecule has 3 N–H and O–H groups in total. The fraction of sp³-hybridized carbons (Fsp3) is 0.600. The summed E-state index contributed by atoms with van der Waals surface area (Å²) in [5.41, 5.74) is 6.48. The van der Waals surface area contributed by atoms with Crippen LogP contribution in [-0.2, 0) is 11.2 Å². The molecular formula is C15H25NO3. The molecule has 1 aromatic rings. The molecule has 0 aliphatic carbocycles. The lowest BCUT2D eigenvalue weighted by atomic mass is 9.95. The highest BCUT2D eigenvalue weighted by atomic mass is 16.5. The first-order valence-electron chi connectivity index (χ1n) is 6.59. The summed E-state index contributed by atoms with van der Waals surface area (Å²) in [6.45, 7) is 5.94. The highest BCUT2D eigenvalue weighted by molar-refractivity contribution is 5.28. The summed E-state index contributed by atoms with van der Waals surface area (Å²) >= 11 is 0. The van der Waals surface area contributed by atoms with Crippen LogP contribution in [0.3, 0.4) is 0 Å². The quantitative estimate of drug-likeness (QED) is 0.790. The van der Waals surface area contributed by atoms with E-state index in [0.717, 1.165) is 11.3 Å². The first kappa shape index (κ1) is 16.0. The van der Waals surface area contributed by atoms with Gasteiger partial charge in [0.05, 0.1) is 24.9 Å². The van der Waals surface area contributed by atoms with E-state index in [1.54, 1.807) is 14.0 Å². The zero-order valence-corrected chi connectivity index (χ0v) is 12.2. The van der Waals surface area contributed by atoms with Crippen molar-refractivity contribution in [3.05, 3.63) is 29.8 Å². The van der Waals surface area contributed by atoms with E-state index in [4.69, 9.17) is 15.2 Å². The Hall–Kier alpha value is -1.10. The van der Waals surface area contributed by atoms with Crippen LogP contribution in [0, 0.1) is 0 Å². The van der Waals surface area contributed by atoms with Gasteiger partial charge in [0.1, 0.15) is 5.75 Å². The highest BCUT2D eigenvalue weighted by Gasteiger charge is 2.28. The molecule has 0 amide bonds. The topological polar surface area (TPSA) is 64.7 Å². The van der Waals surface area contributed by atoms with Crippen LogP contribution in [-0.4, -0.2) is 36.6 Å².